The van der Waals surface area contributed by atoms with Gasteiger partial charge in [-0.2, -0.15) is 5.10 Å². The number of rotatable bonds is 2. The maximum absolute atomic E-state index is 11.7. The molecule has 1 aromatic heterocycles. The Morgan fingerprint density at radius 1 is 1.47 bits per heavy atom. The molecule has 1 amide bonds. The van der Waals surface area contributed by atoms with Gasteiger partial charge in [-0.1, -0.05) is 12.2 Å². The van der Waals surface area contributed by atoms with Crippen molar-refractivity contribution in [1.29, 1.82) is 0 Å². The van der Waals surface area contributed by atoms with E-state index in [1.54, 1.807) is 12.3 Å². The molecule has 0 bridgehead atoms. The lowest BCUT2D eigenvalue weighted by atomic mass is 10.1. The monoisotopic (exact) mass is 277 g/mol. The molecule has 1 unspecified atom stereocenters. The number of nitrogens with two attached hydrogens (primary N) is 1. The van der Waals surface area contributed by atoms with Crippen LogP contribution in [0, 0.1) is 0 Å². The molecule has 3 rings (SSSR count). The SMILES string of the molecule is NC(=S)c1ccnnc1N1CCN2C(=O)CCC2C1. The topological polar surface area (TPSA) is 75.3 Å². The van der Waals surface area contributed by atoms with Crippen molar-refractivity contribution in [2.45, 2.75) is 18.9 Å². The summed E-state index contributed by atoms with van der Waals surface area (Å²) in [6.45, 7) is 2.26. The molecular formula is C12H15N5OS. The van der Waals surface area contributed by atoms with Crippen LogP contribution in [0.4, 0.5) is 5.82 Å². The number of piperazine rings is 1. The zero-order chi connectivity index (χ0) is 13.4. The van der Waals surface area contributed by atoms with E-state index in [1.807, 2.05) is 4.90 Å². The Balaban J connectivity index is 1.85. The van der Waals surface area contributed by atoms with Crippen LogP contribution in [0.2, 0.25) is 0 Å². The Bertz CT molecular complexity index is 535. The van der Waals surface area contributed by atoms with Gasteiger partial charge in [-0.05, 0) is 12.5 Å². The molecule has 0 spiro atoms. The van der Waals surface area contributed by atoms with Crippen molar-refractivity contribution in [2.75, 3.05) is 24.5 Å². The number of fused-ring (bicyclic) bond motifs is 1. The fourth-order valence-corrected chi connectivity index (χ4v) is 2.97. The maximum Gasteiger partial charge on any atom is 0.223 e. The first-order valence-electron chi connectivity index (χ1n) is 6.32. The van der Waals surface area contributed by atoms with E-state index in [2.05, 4.69) is 15.1 Å². The molecule has 2 N–H and O–H groups in total. The quantitative estimate of drug-likeness (QED) is 0.762. The van der Waals surface area contributed by atoms with Gasteiger partial charge >= 0.3 is 0 Å². The molecule has 2 aliphatic heterocycles. The highest BCUT2D eigenvalue weighted by atomic mass is 32.1. The van der Waals surface area contributed by atoms with Crippen molar-refractivity contribution in [3.63, 3.8) is 0 Å². The summed E-state index contributed by atoms with van der Waals surface area (Å²) in [7, 11) is 0. The summed E-state index contributed by atoms with van der Waals surface area (Å²) >= 11 is 5.05. The Morgan fingerprint density at radius 2 is 2.32 bits per heavy atom. The molecule has 1 atom stereocenters. The summed E-state index contributed by atoms with van der Waals surface area (Å²) in [5.41, 5.74) is 6.48. The van der Waals surface area contributed by atoms with Gasteiger partial charge in [0.05, 0.1) is 11.8 Å². The average molecular weight is 277 g/mol. The maximum atomic E-state index is 11.7. The molecule has 0 saturated carbocycles. The number of carbonyl (C=O) groups excluding carboxylic acids is 1. The minimum Gasteiger partial charge on any atom is -0.389 e. The Kier molecular flexibility index (Phi) is 3.06. The number of amides is 1. The highest BCUT2D eigenvalue weighted by molar-refractivity contribution is 7.80. The predicted molar refractivity (Wildman–Crippen MR) is 74.9 cm³/mol. The van der Waals surface area contributed by atoms with Crippen molar-refractivity contribution in [2.24, 2.45) is 5.73 Å². The molecule has 2 aliphatic rings. The van der Waals surface area contributed by atoms with E-state index in [9.17, 15) is 4.79 Å². The van der Waals surface area contributed by atoms with Gasteiger partial charge in [-0.15, -0.1) is 5.10 Å². The van der Waals surface area contributed by atoms with Crippen molar-refractivity contribution in [1.82, 2.24) is 15.1 Å². The minimum absolute atomic E-state index is 0.262. The molecule has 1 aromatic rings. The smallest absolute Gasteiger partial charge is 0.223 e. The third-order valence-electron chi connectivity index (χ3n) is 3.76. The van der Waals surface area contributed by atoms with Gasteiger partial charge < -0.3 is 15.5 Å². The molecule has 6 nitrogen and oxygen atoms in total. The van der Waals surface area contributed by atoms with Crippen molar-refractivity contribution in [3.8, 4) is 0 Å². The number of thiocarbonyl (C=S) groups is 1. The van der Waals surface area contributed by atoms with E-state index >= 15 is 0 Å². The first-order valence-corrected chi connectivity index (χ1v) is 6.73. The van der Waals surface area contributed by atoms with Crippen molar-refractivity contribution in [3.05, 3.63) is 17.8 Å². The van der Waals surface area contributed by atoms with Crippen LogP contribution >= 0.6 is 12.2 Å². The second-order valence-electron chi connectivity index (χ2n) is 4.86. The number of nitrogens with zero attached hydrogens (tertiary/aromatic N) is 4. The number of aromatic nitrogens is 2. The van der Waals surface area contributed by atoms with Crippen LogP contribution < -0.4 is 10.6 Å². The largest absolute Gasteiger partial charge is 0.389 e. The van der Waals surface area contributed by atoms with Crippen LogP contribution in [0.5, 0.6) is 0 Å². The number of carbonyl (C=O) groups is 1. The van der Waals surface area contributed by atoms with Crippen LogP contribution in [-0.2, 0) is 4.79 Å². The van der Waals surface area contributed by atoms with Crippen molar-refractivity contribution < 1.29 is 4.79 Å². The van der Waals surface area contributed by atoms with Gasteiger partial charge in [0.1, 0.15) is 4.99 Å². The number of hydrogen-bond donors (Lipinski definition) is 1. The molecule has 3 heterocycles. The van der Waals surface area contributed by atoms with Crippen LogP contribution in [0.25, 0.3) is 0 Å². The standard InChI is InChI=1S/C12H15N5OS/c13-11(19)9-3-4-14-15-12(9)16-5-6-17-8(7-16)1-2-10(17)18/h3-4,8H,1-2,5-7H2,(H2,13,19). The first-order chi connectivity index (χ1) is 9.16. The second kappa shape index (κ2) is 4.73. The summed E-state index contributed by atoms with van der Waals surface area (Å²) in [5.74, 6) is 0.993. The molecule has 100 valence electrons. The zero-order valence-electron chi connectivity index (χ0n) is 10.5. The molecule has 19 heavy (non-hydrogen) atoms. The Morgan fingerprint density at radius 3 is 3.11 bits per heavy atom. The molecule has 7 heteroatoms. The van der Waals surface area contributed by atoms with Gasteiger partial charge in [0.15, 0.2) is 5.82 Å². The highest BCUT2D eigenvalue weighted by Gasteiger charge is 2.36. The lowest BCUT2D eigenvalue weighted by Crippen LogP contribution is -2.52. The van der Waals surface area contributed by atoms with Crippen LogP contribution in [0.3, 0.4) is 0 Å². The lowest BCUT2D eigenvalue weighted by Gasteiger charge is -2.38. The van der Waals surface area contributed by atoms with Gasteiger partial charge in [0, 0.05) is 32.1 Å². The summed E-state index contributed by atoms with van der Waals surface area (Å²) in [5, 5.41) is 8.08. The predicted octanol–water partition coefficient (Wildman–Crippen LogP) is -0.0782. The van der Waals surface area contributed by atoms with Gasteiger partial charge in [-0.25, -0.2) is 0 Å². The molecule has 0 aliphatic carbocycles. The van der Waals surface area contributed by atoms with E-state index in [0.29, 0.717) is 11.4 Å². The molecular weight excluding hydrogens is 262 g/mol. The van der Waals surface area contributed by atoms with Crippen LogP contribution in [0.1, 0.15) is 18.4 Å². The molecule has 0 aromatic carbocycles. The summed E-state index contributed by atoms with van der Waals surface area (Å²) in [6, 6.07) is 2.07. The van der Waals surface area contributed by atoms with Gasteiger partial charge in [0.2, 0.25) is 5.91 Å². The average Bonchev–Trinajstić information content (AvgIpc) is 2.80. The minimum atomic E-state index is 0.262. The zero-order valence-corrected chi connectivity index (χ0v) is 11.3. The normalized spacial score (nSPS) is 22.5. The third-order valence-corrected chi connectivity index (χ3v) is 3.98. The fourth-order valence-electron chi connectivity index (χ4n) is 2.81. The summed E-state index contributed by atoms with van der Waals surface area (Å²) in [6.07, 6.45) is 3.16. The van der Waals surface area contributed by atoms with E-state index in [-0.39, 0.29) is 11.9 Å². The number of anilines is 1. The van der Waals surface area contributed by atoms with Gasteiger partial charge in [0.25, 0.3) is 0 Å². The van der Waals surface area contributed by atoms with E-state index in [4.69, 9.17) is 18.0 Å². The van der Waals surface area contributed by atoms with Gasteiger partial charge in [-0.3, -0.25) is 4.79 Å². The number of hydrogen-bond acceptors (Lipinski definition) is 5. The Hall–Kier alpha value is -1.76. The first kappa shape index (κ1) is 12.3. The Labute approximate surface area is 116 Å². The fraction of sp³-hybridized carbons (Fsp3) is 0.500. The highest BCUT2D eigenvalue weighted by Crippen LogP contribution is 2.26. The summed E-state index contributed by atoms with van der Waals surface area (Å²) in [4.78, 5) is 16.1. The molecule has 2 fully saturated rings. The van der Waals surface area contributed by atoms with E-state index < -0.39 is 0 Å². The lowest BCUT2D eigenvalue weighted by molar-refractivity contribution is -0.129. The molecule has 2 saturated heterocycles. The van der Waals surface area contributed by atoms with Crippen LogP contribution in [-0.4, -0.2) is 51.7 Å². The van der Waals surface area contributed by atoms with E-state index in [1.165, 1.54) is 0 Å². The van der Waals surface area contributed by atoms with E-state index in [0.717, 1.165) is 37.4 Å². The summed E-state index contributed by atoms with van der Waals surface area (Å²) < 4.78 is 0. The second-order valence-corrected chi connectivity index (χ2v) is 5.30. The van der Waals surface area contributed by atoms with Crippen molar-refractivity contribution >= 4 is 28.9 Å². The van der Waals surface area contributed by atoms with Crippen LogP contribution in [0.15, 0.2) is 12.3 Å². The molecule has 0 radical (unpaired) electrons. The third kappa shape index (κ3) is 2.14.